The molecule has 1 fully saturated rings. The van der Waals surface area contributed by atoms with Crippen molar-refractivity contribution in [2.75, 3.05) is 54.6 Å². The van der Waals surface area contributed by atoms with Gasteiger partial charge >= 0.3 is 0 Å². The molecule has 0 amide bonds. The number of hydrogen-bond donors (Lipinski definition) is 0. The number of hydrogen-bond acceptors (Lipinski definition) is 6. The Bertz CT molecular complexity index is 967. The van der Waals surface area contributed by atoms with Gasteiger partial charge in [-0.25, -0.2) is 0 Å². The molecule has 1 aliphatic carbocycles. The van der Waals surface area contributed by atoms with E-state index in [2.05, 4.69) is 21.9 Å². The van der Waals surface area contributed by atoms with E-state index in [-0.39, 0.29) is 0 Å². The van der Waals surface area contributed by atoms with Crippen molar-refractivity contribution >= 4 is 0 Å². The molecule has 0 saturated carbocycles. The molecule has 3 aliphatic heterocycles. The van der Waals surface area contributed by atoms with Crippen molar-refractivity contribution in [3.05, 3.63) is 34.4 Å². The summed E-state index contributed by atoms with van der Waals surface area (Å²) in [7, 11) is 6.91. The van der Waals surface area contributed by atoms with Crippen molar-refractivity contribution in [2.24, 2.45) is 0 Å². The molecule has 0 aromatic heterocycles. The molecule has 2 aromatic carbocycles. The van der Waals surface area contributed by atoms with Crippen LogP contribution in [0.15, 0.2) is 12.1 Å². The van der Waals surface area contributed by atoms with Crippen molar-refractivity contribution < 1.29 is 18.9 Å². The fraction of sp³-hybridized carbons (Fsp3) is 0.500. The lowest BCUT2D eigenvalue weighted by Crippen LogP contribution is -2.55. The van der Waals surface area contributed by atoms with Crippen molar-refractivity contribution in [3.63, 3.8) is 0 Å². The third kappa shape index (κ3) is 2.16. The average Bonchev–Trinajstić information content (AvgIpc) is 2.80. The number of methoxy groups -OCH3 is 4. The molecular weight excluding hydrogens is 380 g/mol. The lowest BCUT2D eigenvalue weighted by atomic mass is 9.69. The van der Waals surface area contributed by atoms with Gasteiger partial charge < -0.3 is 18.9 Å². The van der Waals surface area contributed by atoms with Gasteiger partial charge in [-0.05, 0) is 47.2 Å². The second-order valence-corrected chi connectivity index (χ2v) is 8.58. The van der Waals surface area contributed by atoms with Crippen molar-refractivity contribution in [1.82, 2.24) is 9.80 Å². The lowest BCUT2D eigenvalue weighted by Gasteiger charge is -2.55. The number of benzene rings is 2. The fourth-order valence-electron chi connectivity index (χ4n) is 6.35. The minimum absolute atomic E-state index is 0.349. The molecule has 0 radical (unpaired) electrons. The van der Waals surface area contributed by atoms with Crippen LogP contribution in [0.5, 0.6) is 23.0 Å². The molecule has 6 nitrogen and oxygen atoms in total. The molecule has 1 saturated heterocycles. The van der Waals surface area contributed by atoms with Gasteiger partial charge in [0, 0.05) is 37.3 Å². The molecule has 0 unspecified atom stereocenters. The Balaban J connectivity index is 1.79. The van der Waals surface area contributed by atoms with Gasteiger partial charge in [0.1, 0.15) is 0 Å². The monoisotopic (exact) mass is 408 g/mol. The van der Waals surface area contributed by atoms with Crippen molar-refractivity contribution in [1.29, 1.82) is 0 Å². The fourth-order valence-corrected chi connectivity index (χ4v) is 6.35. The van der Waals surface area contributed by atoms with Crippen LogP contribution >= 0.6 is 0 Å². The van der Waals surface area contributed by atoms with E-state index >= 15 is 0 Å². The molecule has 2 atom stereocenters. The predicted molar refractivity (Wildman–Crippen MR) is 114 cm³/mol. The average molecular weight is 408 g/mol. The normalized spacial score (nSPS) is 23.6. The van der Waals surface area contributed by atoms with Crippen LogP contribution < -0.4 is 18.9 Å². The molecule has 0 N–H and O–H groups in total. The zero-order valence-electron chi connectivity index (χ0n) is 18.1. The second-order valence-electron chi connectivity index (χ2n) is 8.58. The van der Waals surface area contributed by atoms with Gasteiger partial charge in [-0.3, -0.25) is 9.80 Å². The zero-order chi connectivity index (χ0) is 20.6. The molecular formula is C24H28N2O4. The number of piperazine rings is 1. The summed E-state index contributed by atoms with van der Waals surface area (Å²) in [5.74, 6) is 3.18. The molecule has 158 valence electrons. The minimum atomic E-state index is 0.349. The summed E-state index contributed by atoms with van der Waals surface area (Å²) in [5.41, 5.74) is 7.78. The van der Waals surface area contributed by atoms with Crippen LogP contribution in [0.2, 0.25) is 0 Å². The van der Waals surface area contributed by atoms with Gasteiger partial charge in [0.05, 0.1) is 40.5 Å². The molecule has 30 heavy (non-hydrogen) atoms. The number of rotatable bonds is 4. The third-order valence-electron chi connectivity index (χ3n) is 7.53. The van der Waals surface area contributed by atoms with Crippen LogP contribution in [0.25, 0.3) is 11.1 Å². The highest BCUT2D eigenvalue weighted by atomic mass is 16.5. The summed E-state index contributed by atoms with van der Waals surface area (Å²) < 4.78 is 23.6. The third-order valence-corrected chi connectivity index (χ3v) is 7.53. The first kappa shape index (κ1) is 18.3. The van der Waals surface area contributed by atoms with E-state index in [4.69, 9.17) is 18.9 Å². The van der Waals surface area contributed by atoms with E-state index in [1.54, 1.807) is 28.4 Å². The lowest BCUT2D eigenvalue weighted by molar-refractivity contribution is 0.00367. The molecule has 4 aliphatic rings. The zero-order valence-corrected chi connectivity index (χ0v) is 18.1. The Morgan fingerprint density at radius 3 is 1.43 bits per heavy atom. The SMILES string of the molecule is COc1cc2c3c(c1OC)-c1c(OC)c(OC)cc4c1[C@H]1[C@H]3N(CC2)CCN1CC4. The summed E-state index contributed by atoms with van der Waals surface area (Å²) in [4.78, 5) is 5.35. The van der Waals surface area contributed by atoms with E-state index in [1.165, 1.54) is 22.3 Å². The van der Waals surface area contributed by atoms with Gasteiger partial charge in [0.2, 0.25) is 0 Å². The van der Waals surface area contributed by atoms with Gasteiger partial charge in [-0.15, -0.1) is 0 Å². The minimum Gasteiger partial charge on any atom is -0.493 e. The molecule has 6 heteroatoms. The standard InChI is InChI=1S/C24H28N2O4/c1-27-15-11-13-5-7-25-9-10-26-8-6-14-12-16(28-2)24(30-4)20-18(14)22(26)21(25)17(13)19(20)23(15)29-3/h11-12,21-22H,5-10H2,1-4H3/t21-,22-/m0/s1. The van der Waals surface area contributed by atoms with Crippen molar-refractivity contribution in [2.45, 2.75) is 24.9 Å². The van der Waals surface area contributed by atoms with Crippen LogP contribution in [0.4, 0.5) is 0 Å². The number of fused-ring (bicyclic) bond motifs is 1. The van der Waals surface area contributed by atoms with E-state index < -0.39 is 0 Å². The summed E-state index contributed by atoms with van der Waals surface area (Å²) >= 11 is 0. The quantitative estimate of drug-likeness (QED) is 0.774. The van der Waals surface area contributed by atoms with Gasteiger partial charge in [0.25, 0.3) is 0 Å². The maximum absolute atomic E-state index is 5.99. The summed E-state index contributed by atoms with van der Waals surface area (Å²) in [6.07, 6.45) is 2.06. The summed E-state index contributed by atoms with van der Waals surface area (Å²) in [5, 5.41) is 0. The molecule has 6 rings (SSSR count). The second kappa shape index (κ2) is 6.53. The maximum atomic E-state index is 5.99. The first-order valence-corrected chi connectivity index (χ1v) is 10.8. The van der Waals surface area contributed by atoms with E-state index in [1.807, 2.05) is 0 Å². The van der Waals surface area contributed by atoms with E-state index in [0.29, 0.717) is 12.1 Å². The Morgan fingerprint density at radius 2 is 1.07 bits per heavy atom. The topological polar surface area (TPSA) is 43.4 Å². The smallest absolute Gasteiger partial charge is 0.169 e. The summed E-state index contributed by atoms with van der Waals surface area (Å²) in [6, 6.07) is 5.08. The van der Waals surface area contributed by atoms with E-state index in [0.717, 1.165) is 73.1 Å². The predicted octanol–water partition coefficient (Wildman–Crippen LogP) is 3.21. The molecule has 2 aromatic rings. The Hall–Kier alpha value is -2.44. The van der Waals surface area contributed by atoms with Crippen molar-refractivity contribution in [3.8, 4) is 34.1 Å². The molecule has 0 spiro atoms. The summed E-state index contributed by atoms with van der Waals surface area (Å²) in [6.45, 7) is 4.42. The Labute approximate surface area is 177 Å². The largest absolute Gasteiger partial charge is 0.493 e. The Kier molecular flexibility index (Phi) is 3.99. The van der Waals surface area contributed by atoms with Gasteiger partial charge in [-0.1, -0.05) is 0 Å². The highest BCUT2D eigenvalue weighted by Gasteiger charge is 2.50. The van der Waals surface area contributed by atoms with E-state index in [9.17, 15) is 0 Å². The number of ether oxygens (including phenoxy) is 4. The highest BCUT2D eigenvalue weighted by Crippen LogP contribution is 2.63. The van der Waals surface area contributed by atoms with Crippen LogP contribution in [-0.4, -0.2) is 64.4 Å². The van der Waals surface area contributed by atoms with Crippen LogP contribution in [0, 0.1) is 0 Å². The highest BCUT2D eigenvalue weighted by molar-refractivity contribution is 5.90. The van der Waals surface area contributed by atoms with Crippen LogP contribution in [-0.2, 0) is 12.8 Å². The molecule has 3 heterocycles. The maximum Gasteiger partial charge on any atom is 0.169 e. The van der Waals surface area contributed by atoms with Gasteiger partial charge in [0.15, 0.2) is 23.0 Å². The van der Waals surface area contributed by atoms with Gasteiger partial charge in [-0.2, -0.15) is 0 Å². The number of nitrogens with zero attached hydrogens (tertiary/aromatic N) is 2. The van der Waals surface area contributed by atoms with Crippen LogP contribution in [0.1, 0.15) is 34.3 Å². The molecule has 0 bridgehead atoms. The first-order chi connectivity index (χ1) is 14.7. The van der Waals surface area contributed by atoms with Crippen LogP contribution in [0.3, 0.4) is 0 Å². The Morgan fingerprint density at radius 1 is 0.633 bits per heavy atom. The first-order valence-electron chi connectivity index (χ1n) is 10.8.